The summed E-state index contributed by atoms with van der Waals surface area (Å²) in [4.78, 5) is 3.77. The third-order valence-corrected chi connectivity index (χ3v) is 2.78. The van der Waals surface area contributed by atoms with Gasteiger partial charge in [0.15, 0.2) is 0 Å². The minimum atomic E-state index is -4.65. The number of methoxy groups -OCH3 is 1. The number of alkyl halides is 3. The van der Waals surface area contributed by atoms with E-state index < -0.39 is 12.0 Å². The average molecular weight is 259 g/mol. The lowest BCUT2D eigenvalue weighted by molar-refractivity contribution is -0.331. The van der Waals surface area contributed by atoms with E-state index in [4.69, 9.17) is 0 Å². The molecule has 0 fully saturated rings. The molecule has 1 aromatic rings. The lowest BCUT2D eigenvalue weighted by Gasteiger charge is -2.30. The van der Waals surface area contributed by atoms with Crippen molar-refractivity contribution < 1.29 is 22.6 Å². The predicted molar refractivity (Wildman–Crippen MR) is 59.3 cm³/mol. The van der Waals surface area contributed by atoms with Crippen molar-refractivity contribution in [1.82, 2.24) is 0 Å². The molecule has 3 nitrogen and oxygen atoms in total. The fraction of sp³-hybridized carbons (Fsp3) is 0.417. The van der Waals surface area contributed by atoms with Gasteiger partial charge < -0.3 is 9.47 Å². The van der Waals surface area contributed by atoms with Gasteiger partial charge in [0.05, 0.1) is 5.71 Å². The van der Waals surface area contributed by atoms with Crippen molar-refractivity contribution in [3.8, 4) is 0 Å². The molecule has 1 aromatic carbocycles. The van der Waals surface area contributed by atoms with Crippen LogP contribution in [0.1, 0.15) is 5.56 Å². The van der Waals surface area contributed by atoms with E-state index in [1.807, 2.05) is 0 Å². The monoisotopic (exact) mass is 259 g/mol. The molecule has 0 amide bonds. The van der Waals surface area contributed by atoms with E-state index in [2.05, 4.69) is 14.5 Å². The van der Waals surface area contributed by atoms with Gasteiger partial charge in [0.25, 0.3) is 0 Å². The Bertz CT molecular complexity index is 444. The van der Waals surface area contributed by atoms with Gasteiger partial charge >= 0.3 is 12.0 Å². The number of aliphatic imine (C=N–C) groups is 1. The molecule has 0 saturated heterocycles. The topological polar surface area (TPSA) is 30.8 Å². The van der Waals surface area contributed by atoms with Crippen LogP contribution >= 0.6 is 0 Å². The van der Waals surface area contributed by atoms with Crippen molar-refractivity contribution in [3.05, 3.63) is 35.9 Å². The molecule has 0 bridgehead atoms. The summed E-state index contributed by atoms with van der Waals surface area (Å²) in [6, 6.07) is 8.78. The molecular weight excluding hydrogens is 247 g/mol. The highest BCUT2D eigenvalue weighted by Gasteiger charge is 2.62. The number of hydrogen-bond donors (Lipinski definition) is 0. The highest BCUT2D eigenvalue weighted by atomic mass is 19.4. The minimum Gasteiger partial charge on any atom is -0.341 e. The highest BCUT2D eigenvalue weighted by molar-refractivity contribution is 5.94. The summed E-state index contributed by atoms with van der Waals surface area (Å²) in [5.41, 5.74) is 0.580. The van der Waals surface area contributed by atoms with Crippen molar-refractivity contribution in [3.63, 3.8) is 0 Å². The Kier molecular flexibility index (Phi) is 3.41. The second-order valence-electron chi connectivity index (χ2n) is 3.86. The molecule has 0 aliphatic carbocycles. The fourth-order valence-corrected chi connectivity index (χ4v) is 1.89. The summed E-state index contributed by atoms with van der Waals surface area (Å²) >= 11 is 0. The van der Waals surface area contributed by atoms with E-state index in [0.29, 0.717) is 0 Å². The van der Waals surface area contributed by atoms with Crippen LogP contribution < -0.4 is 0 Å². The number of ether oxygens (including phenoxy) is 2. The number of benzene rings is 1. The fourth-order valence-electron chi connectivity index (χ4n) is 1.89. The zero-order valence-corrected chi connectivity index (χ0v) is 9.70. The second kappa shape index (κ2) is 4.70. The Morgan fingerprint density at radius 1 is 1.33 bits per heavy atom. The predicted octanol–water partition coefficient (Wildman–Crippen LogP) is 2.56. The van der Waals surface area contributed by atoms with E-state index >= 15 is 0 Å². The molecule has 1 aliphatic heterocycles. The van der Waals surface area contributed by atoms with Gasteiger partial charge in [-0.05, 0) is 5.56 Å². The van der Waals surface area contributed by atoms with Crippen molar-refractivity contribution >= 4 is 5.71 Å². The molecule has 0 aromatic heterocycles. The second-order valence-corrected chi connectivity index (χ2v) is 3.86. The van der Waals surface area contributed by atoms with E-state index in [-0.39, 0.29) is 18.9 Å². The van der Waals surface area contributed by atoms with Gasteiger partial charge in [-0.15, -0.1) is 0 Å². The molecular formula is C12H12F3NO2. The number of nitrogens with zero attached hydrogens (tertiary/aromatic N) is 1. The summed E-state index contributed by atoms with van der Waals surface area (Å²) in [7, 11) is 0.972. The number of rotatable bonds is 3. The van der Waals surface area contributed by atoms with E-state index in [0.717, 1.165) is 12.7 Å². The summed E-state index contributed by atoms with van der Waals surface area (Å²) in [6.45, 7) is -0.338. The quantitative estimate of drug-likeness (QED) is 0.835. The van der Waals surface area contributed by atoms with Crippen molar-refractivity contribution in [2.45, 2.75) is 18.4 Å². The smallest absolute Gasteiger partial charge is 0.341 e. The van der Waals surface area contributed by atoms with Gasteiger partial charge in [0, 0.05) is 13.5 Å². The Balaban J connectivity index is 2.27. The molecule has 98 valence electrons. The van der Waals surface area contributed by atoms with Gasteiger partial charge in [-0.1, -0.05) is 30.3 Å². The Morgan fingerprint density at radius 2 is 2.00 bits per heavy atom. The standard InChI is InChI=1S/C12H12F3NO2/c1-17-11(12(13,14)15)10(16-8-18-11)7-9-5-3-2-4-6-9/h2-6H,7-8H2,1H3. The first kappa shape index (κ1) is 13.0. The van der Waals surface area contributed by atoms with Gasteiger partial charge in [0.2, 0.25) is 0 Å². The maximum absolute atomic E-state index is 13.0. The molecule has 1 unspecified atom stereocenters. The van der Waals surface area contributed by atoms with Crippen LogP contribution in [-0.4, -0.2) is 31.5 Å². The number of hydrogen-bond acceptors (Lipinski definition) is 3. The summed E-state index contributed by atoms with van der Waals surface area (Å²) in [6.07, 6.45) is -4.60. The van der Waals surface area contributed by atoms with Crippen LogP contribution in [0.25, 0.3) is 0 Å². The summed E-state index contributed by atoms with van der Waals surface area (Å²) in [5.74, 6) is -2.71. The maximum atomic E-state index is 13.0. The summed E-state index contributed by atoms with van der Waals surface area (Å²) in [5, 5.41) is 0. The van der Waals surface area contributed by atoms with Crippen LogP contribution in [0.15, 0.2) is 35.3 Å². The first-order valence-electron chi connectivity index (χ1n) is 5.33. The van der Waals surface area contributed by atoms with Gasteiger partial charge in [-0.3, -0.25) is 4.99 Å². The third-order valence-electron chi connectivity index (χ3n) is 2.78. The zero-order chi connectivity index (χ0) is 13.2. The van der Waals surface area contributed by atoms with E-state index in [9.17, 15) is 13.2 Å². The maximum Gasteiger partial charge on any atom is 0.449 e. The molecule has 6 heteroatoms. The Hall–Kier alpha value is -1.40. The molecule has 18 heavy (non-hydrogen) atoms. The van der Waals surface area contributed by atoms with Crippen LogP contribution in [0, 0.1) is 0 Å². The number of halogens is 3. The minimum absolute atomic E-state index is 0.0498. The third kappa shape index (κ3) is 2.13. The van der Waals surface area contributed by atoms with Crippen LogP contribution in [0.4, 0.5) is 13.2 Å². The molecule has 0 N–H and O–H groups in total. The lowest BCUT2D eigenvalue weighted by atomic mass is 10.0. The molecule has 2 rings (SSSR count). The van der Waals surface area contributed by atoms with Crippen molar-refractivity contribution in [1.29, 1.82) is 0 Å². The van der Waals surface area contributed by atoms with E-state index in [1.165, 1.54) is 0 Å². The lowest BCUT2D eigenvalue weighted by Crippen LogP contribution is -2.53. The van der Waals surface area contributed by atoms with Crippen molar-refractivity contribution in [2.24, 2.45) is 4.99 Å². The SMILES string of the molecule is COC1(C(F)(F)F)OCN=C1Cc1ccccc1. The molecule has 0 radical (unpaired) electrons. The van der Waals surface area contributed by atoms with Gasteiger partial charge in [-0.25, -0.2) is 0 Å². The molecule has 1 heterocycles. The Labute approximate surface area is 102 Å². The van der Waals surface area contributed by atoms with Crippen LogP contribution in [0.2, 0.25) is 0 Å². The largest absolute Gasteiger partial charge is 0.449 e. The molecule has 0 spiro atoms. The van der Waals surface area contributed by atoms with Crippen LogP contribution in [0.3, 0.4) is 0 Å². The van der Waals surface area contributed by atoms with Gasteiger partial charge in [-0.2, -0.15) is 13.2 Å². The first-order chi connectivity index (χ1) is 8.49. The van der Waals surface area contributed by atoms with Crippen LogP contribution in [-0.2, 0) is 15.9 Å². The first-order valence-corrected chi connectivity index (χ1v) is 5.33. The highest BCUT2D eigenvalue weighted by Crippen LogP contribution is 2.39. The summed E-state index contributed by atoms with van der Waals surface area (Å²) < 4.78 is 48.4. The van der Waals surface area contributed by atoms with Crippen molar-refractivity contribution in [2.75, 3.05) is 13.8 Å². The van der Waals surface area contributed by atoms with Gasteiger partial charge in [0.1, 0.15) is 6.73 Å². The zero-order valence-electron chi connectivity index (χ0n) is 9.70. The molecule has 1 atom stereocenters. The Morgan fingerprint density at radius 3 is 2.56 bits per heavy atom. The molecule has 1 aliphatic rings. The van der Waals surface area contributed by atoms with Crippen LogP contribution in [0.5, 0.6) is 0 Å². The van der Waals surface area contributed by atoms with E-state index in [1.54, 1.807) is 30.3 Å². The average Bonchev–Trinajstić information content (AvgIpc) is 2.74. The molecule has 0 saturated carbocycles. The normalized spacial score (nSPS) is 24.1.